The Hall–Kier alpha value is -3.71. The van der Waals surface area contributed by atoms with Crippen LogP contribution in [-0.2, 0) is 9.84 Å². The number of nitrogens with one attached hydrogen (secondary N) is 1. The van der Waals surface area contributed by atoms with Gasteiger partial charge < -0.3 is 10.2 Å². The van der Waals surface area contributed by atoms with Crippen molar-refractivity contribution in [2.75, 3.05) is 24.2 Å². The summed E-state index contributed by atoms with van der Waals surface area (Å²) in [4.78, 5) is 23.2. The molecule has 35 heavy (non-hydrogen) atoms. The molecule has 7 nitrogen and oxygen atoms in total. The minimum atomic E-state index is -3.53. The number of aromatic nitrogens is 1. The van der Waals surface area contributed by atoms with Crippen molar-refractivity contribution in [1.29, 1.82) is 0 Å². The number of carbonyl (C=O) groups is 1. The average Bonchev–Trinajstić information content (AvgIpc) is 3.08. The SMILES string of the molecule is CC1=C=CCN(CCS(=O)(=O)c2ccc(C(=O)Nc3ccc(Cl)c(-c4ccccn4)c3)cc2)C=N1. The van der Waals surface area contributed by atoms with E-state index in [1.807, 2.05) is 36.1 Å². The molecule has 0 bridgehead atoms. The molecule has 4 rings (SSSR count). The zero-order valence-corrected chi connectivity index (χ0v) is 20.6. The number of halogens is 1. The van der Waals surface area contributed by atoms with Crippen molar-refractivity contribution >= 4 is 39.4 Å². The predicted octanol–water partition coefficient (Wildman–Crippen LogP) is 4.83. The highest BCUT2D eigenvalue weighted by atomic mass is 35.5. The maximum atomic E-state index is 12.8. The molecule has 9 heteroatoms. The smallest absolute Gasteiger partial charge is 0.255 e. The van der Waals surface area contributed by atoms with Crippen LogP contribution >= 0.6 is 11.6 Å². The third-order valence-electron chi connectivity index (χ3n) is 5.34. The van der Waals surface area contributed by atoms with Crippen LogP contribution in [0.2, 0.25) is 5.02 Å². The molecule has 0 radical (unpaired) electrons. The van der Waals surface area contributed by atoms with Gasteiger partial charge in [0.1, 0.15) is 0 Å². The van der Waals surface area contributed by atoms with Gasteiger partial charge in [0, 0.05) is 36.1 Å². The van der Waals surface area contributed by atoms with Gasteiger partial charge in [-0.3, -0.25) is 9.78 Å². The Labute approximate surface area is 209 Å². The molecule has 1 aliphatic heterocycles. The largest absolute Gasteiger partial charge is 0.357 e. The van der Waals surface area contributed by atoms with Gasteiger partial charge in [-0.15, -0.1) is 5.73 Å². The van der Waals surface area contributed by atoms with E-state index >= 15 is 0 Å². The topological polar surface area (TPSA) is 91.7 Å². The Bertz CT molecular complexity index is 1430. The monoisotopic (exact) mass is 506 g/mol. The van der Waals surface area contributed by atoms with Gasteiger partial charge in [-0.2, -0.15) is 0 Å². The lowest BCUT2D eigenvalue weighted by Gasteiger charge is -2.16. The first kappa shape index (κ1) is 24.4. The summed E-state index contributed by atoms with van der Waals surface area (Å²) in [5.41, 5.74) is 6.03. The molecular formula is C26H23ClN4O3S. The third-order valence-corrected chi connectivity index (χ3v) is 7.38. The molecule has 0 atom stereocenters. The number of hydrogen-bond acceptors (Lipinski definition) is 6. The van der Waals surface area contributed by atoms with Gasteiger partial charge in [-0.25, -0.2) is 13.4 Å². The van der Waals surface area contributed by atoms with E-state index in [-0.39, 0.29) is 16.6 Å². The molecule has 2 heterocycles. The second kappa shape index (κ2) is 10.7. The lowest BCUT2D eigenvalue weighted by atomic mass is 10.1. The lowest BCUT2D eigenvalue weighted by Crippen LogP contribution is -2.28. The Morgan fingerprint density at radius 2 is 1.94 bits per heavy atom. The molecule has 0 aliphatic carbocycles. The maximum absolute atomic E-state index is 12.8. The summed E-state index contributed by atoms with van der Waals surface area (Å²) in [5, 5.41) is 3.34. The van der Waals surface area contributed by atoms with E-state index in [1.165, 1.54) is 24.3 Å². The third kappa shape index (κ3) is 6.25. The Morgan fingerprint density at radius 1 is 1.14 bits per heavy atom. The van der Waals surface area contributed by atoms with E-state index in [9.17, 15) is 13.2 Å². The fourth-order valence-corrected chi connectivity index (χ4v) is 4.88. The van der Waals surface area contributed by atoms with E-state index in [1.54, 1.807) is 30.7 Å². The molecule has 178 valence electrons. The number of aliphatic imine (C=N–C) groups is 1. The number of anilines is 1. The molecule has 1 aliphatic rings. The lowest BCUT2D eigenvalue weighted by molar-refractivity contribution is 0.102. The summed E-state index contributed by atoms with van der Waals surface area (Å²) < 4.78 is 25.6. The molecule has 0 saturated heterocycles. The summed E-state index contributed by atoms with van der Waals surface area (Å²) in [5.74, 6) is -0.433. The Kier molecular flexibility index (Phi) is 7.46. The van der Waals surface area contributed by atoms with Crippen molar-refractivity contribution in [3.05, 3.63) is 95.0 Å². The average molecular weight is 507 g/mol. The summed E-state index contributed by atoms with van der Waals surface area (Å²) in [6.45, 7) is 2.67. The van der Waals surface area contributed by atoms with Gasteiger partial charge in [0.2, 0.25) is 0 Å². The van der Waals surface area contributed by atoms with E-state index in [2.05, 4.69) is 21.0 Å². The first-order valence-electron chi connectivity index (χ1n) is 10.9. The standard InChI is InChI=1S/C26H23ClN4O3S/c1-19-5-4-14-31(18-29-19)15-16-35(33,34)22-10-7-20(8-11-22)26(32)30-21-9-12-24(27)23(17-21)25-6-2-3-13-28-25/h2-4,6-13,17-18H,14-16H2,1H3,(H,30,32). The highest BCUT2D eigenvalue weighted by Gasteiger charge is 2.17. The highest BCUT2D eigenvalue weighted by molar-refractivity contribution is 7.91. The fourth-order valence-electron chi connectivity index (χ4n) is 3.41. The van der Waals surface area contributed by atoms with Crippen LogP contribution in [0.1, 0.15) is 17.3 Å². The van der Waals surface area contributed by atoms with E-state index in [4.69, 9.17) is 11.6 Å². The maximum Gasteiger partial charge on any atom is 0.255 e. The van der Waals surface area contributed by atoms with Gasteiger partial charge in [0.25, 0.3) is 5.91 Å². The van der Waals surface area contributed by atoms with Crippen molar-refractivity contribution in [3.8, 4) is 11.3 Å². The molecule has 0 fully saturated rings. The Morgan fingerprint density at radius 3 is 2.69 bits per heavy atom. The van der Waals surface area contributed by atoms with Crippen LogP contribution in [0.4, 0.5) is 5.69 Å². The van der Waals surface area contributed by atoms with E-state index in [0.29, 0.717) is 40.6 Å². The zero-order valence-electron chi connectivity index (χ0n) is 19.0. The summed E-state index contributed by atoms with van der Waals surface area (Å²) in [6, 6.07) is 16.5. The Balaban J connectivity index is 1.42. The van der Waals surface area contributed by atoms with Gasteiger partial charge in [0.15, 0.2) is 9.84 Å². The first-order chi connectivity index (χ1) is 16.8. The van der Waals surface area contributed by atoms with Crippen LogP contribution < -0.4 is 5.32 Å². The van der Waals surface area contributed by atoms with Crippen LogP contribution in [0.25, 0.3) is 11.3 Å². The van der Waals surface area contributed by atoms with Crippen LogP contribution in [0.3, 0.4) is 0 Å². The number of nitrogens with zero attached hydrogens (tertiary/aromatic N) is 3. The summed E-state index contributed by atoms with van der Waals surface area (Å²) in [6.07, 6.45) is 5.12. The van der Waals surface area contributed by atoms with Crippen LogP contribution in [-0.4, -0.2) is 49.4 Å². The molecule has 0 unspecified atom stereocenters. The minimum Gasteiger partial charge on any atom is -0.357 e. The minimum absolute atomic E-state index is 0.0709. The van der Waals surface area contributed by atoms with Crippen molar-refractivity contribution < 1.29 is 13.2 Å². The molecule has 2 aromatic carbocycles. The number of hydrogen-bond donors (Lipinski definition) is 1. The number of sulfone groups is 1. The molecule has 1 amide bonds. The second-order valence-electron chi connectivity index (χ2n) is 7.88. The summed E-state index contributed by atoms with van der Waals surface area (Å²) >= 11 is 6.31. The molecule has 1 aromatic heterocycles. The van der Waals surface area contributed by atoms with Crippen molar-refractivity contribution in [3.63, 3.8) is 0 Å². The van der Waals surface area contributed by atoms with Gasteiger partial charge in [0.05, 0.1) is 33.4 Å². The quantitative estimate of drug-likeness (QED) is 0.463. The van der Waals surface area contributed by atoms with Crippen LogP contribution in [0.5, 0.6) is 0 Å². The van der Waals surface area contributed by atoms with Crippen LogP contribution in [0, 0.1) is 0 Å². The normalized spacial score (nSPS) is 13.3. The molecule has 0 saturated carbocycles. The molecule has 1 N–H and O–H groups in total. The highest BCUT2D eigenvalue weighted by Crippen LogP contribution is 2.29. The summed E-state index contributed by atoms with van der Waals surface area (Å²) in [7, 11) is -3.53. The number of rotatable bonds is 7. The predicted molar refractivity (Wildman–Crippen MR) is 138 cm³/mol. The molecule has 0 spiro atoms. The van der Waals surface area contributed by atoms with Crippen molar-refractivity contribution in [2.45, 2.75) is 11.8 Å². The molecular weight excluding hydrogens is 484 g/mol. The fraction of sp³-hybridized carbons (Fsp3) is 0.154. The number of amides is 1. The van der Waals surface area contributed by atoms with E-state index < -0.39 is 9.84 Å². The zero-order chi connectivity index (χ0) is 24.8. The van der Waals surface area contributed by atoms with E-state index in [0.717, 1.165) is 5.70 Å². The second-order valence-corrected chi connectivity index (χ2v) is 10.4. The molecule has 3 aromatic rings. The number of benzene rings is 2. The number of pyridine rings is 1. The van der Waals surface area contributed by atoms with Crippen molar-refractivity contribution in [2.24, 2.45) is 4.99 Å². The van der Waals surface area contributed by atoms with Gasteiger partial charge in [-0.1, -0.05) is 17.7 Å². The number of carbonyl (C=O) groups excluding carboxylic acids is 1. The van der Waals surface area contributed by atoms with Crippen molar-refractivity contribution in [1.82, 2.24) is 9.88 Å². The first-order valence-corrected chi connectivity index (χ1v) is 12.9. The van der Waals surface area contributed by atoms with Gasteiger partial charge >= 0.3 is 0 Å². The van der Waals surface area contributed by atoms with Gasteiger partial charge in [-0.05, 0) is 67.6 Å². The van der Waals surface area contributed by atoms with Crippen LogP contribution in [0.15, 0.2) is 94.3 Å².